The van der Waals surface area contributed by atoms with Gasteiger partial charge in [-0.05, 0) is 43.1 Å². The normalized spacial score (nSPS) is 28.2. The number of ether oxygens (including phenoxy) is 2. The van der Waals surface area contributed by atoms with Crippen LogP contribution in [0.3, 0.4) is 0 Å². The molecule has 0 radical (unpaired) electrons. The molecule has 3 atom stereocenters. The highest BCUT2D eigenvalue weighted by Gasteiger charge is 2.41. The van der Waals surface area contributed by atoms with Crippen molar-refractivity contribution in [1.29, 1.82) is 0 Å². The molecule has 2 saturated heterocycles. The summed E-state index contributed by atoms with van der Waals surface area (Å²) in [4.78, 5) is 0. The summed E-state index contributed by atoms with van der Waals surface area (Å²) in [5.74, 6) is 0.943. The van der Waals surface area contributed by atoms with Gasteiger partial charge in [0.1, 0.15) is 0 Å². The van der Waals surface area contributed by atoms with Crippen molar-refractivity contribution >= 4 is 0 Å². The standard InChI is InChI=1S/C18H27NO2/c1-14(15-5-3-2-4-6-15)17(19)16-7-10-21-18(13-16)8-11-20-12-9-18/h2-6,14,16-17H,7-13,19H2,1H3. The first-order valence-electron chi connectivity index (χ1n) is 8.22. The van der Waals surface area contributed by atoms with Gasteiger partial charge >= 0.3 is 0 Å². The van der Waals surface area contributed by atoms with Crippen LogP contribution < -0.4 is 5.73 Å². The van der Waals surface area contributed by atoms with Gasteiger partial charge in [-0.25, -0.2) is 0 Å². The molecule has 3 heteroatoms. The Labute approximate surface area is 127 Å². The van der Waals surface area contributed by atoms with E-state index in [1.807, 2.05) is 0 Å². The van der Waals surface area contributed by atoms with E-state index in [0.717, 1.165) is 45.5 Å². The summed E-state index contributed by atoms with van der Waals surface area (Å²) in [5.41, 5.74) is 8.01. The molecule has 1 spiro atoms. The molecule has 3 unspecified atom stereocenters. The predicted octanol–water partition coefficient (Wildman–Crippen LogP) is 3.09. The SMILES string of the molecule is CC(c1ccccc1)C(N)C1CCOC2(CCOCC2)C1. The molecule has 0 amide bonds. The van der Waals surface area contributed by atoms with E-state index >= 15 is 0 Å². The van der Waals surface area contributed by atoms with Gasteiger partial charge in [0.25, 0.3) is 0 Å². The minimum absolute atomic E-state index is 0.0369. The molecular weight excluding hydrogens is 262 g/mol. The van der Waals surface area contributed by atoms with Crippen molar-refractivity contribution < 1.29 is 9.47 Å². The average molecular weight is 289 g/mol. The molecule has 2 aliphatic heterocycles. The molecule has 2 fully saturated rings. The summed E-state index contributed by atoms with van der Waals surface area (Å²) in [6.45, 7) is 4.76. The summed E-state index contributed by atoms with van der Waals surface area (Å²) in [6, 6.07) is 10.8. The van der Waals surface area contributed by atoms with Gasteiger partial charge in [0.15, 0.2) is 0 Å². The number of hydrogen-bond donors (Lipinski definition) is 1. The van der Waals surface area contributed by atoms with Crippen molar-refractivity contribution in [1.82, 2.24) is 0 Å². The fraction of sp³-hybridized carbons (Fsp3) is 0.667. The van der Waals surface area contributed by atoms with Crippen molar-refractivity contribution in [2.24, 2.45) is 11.7 Å². The smallest absolute Gasteiger partial charge is 0.0729 e. The van der Waals surface area contributed by atoms with Crippen molar-refractivity contribution in [3.63, 3.8) is 0 Å². The van der Waals surface area contributed by atoms with Gasteiger partial charge in [-0.15, -0.1) is 0 Å². The lowest BCUT2D eigenvalue weighted by atomic mass is 9.74. The lowest BCUT2D eigenvalue weighted by Crippen LogP contribution is -2.49. The van der Waals surface area contributed by atoms with E-state index in [9.17, 15) is 0 Å². The quantitative estimate of drug-likeness (QED) is 0.930. The van der Waals surface area contributed by atoms with Gasteiger partial charge in [0.2, 0.25) is 0 Å². The Hall–Kier alpha value is -0.900. The fourth-order valence-electron chi connectivity index (χ4n) is 3.87. The number of hydrogen-bond acceptors (Lipinski definition) is 3. The van der Waals surface area contributed by atoms with Crippen LogP contribution >= 0.6 is 0 Å². The molecule has 0 saturated carbocycles. The largest absolute Gasteiger partial charge is 0.381 e. The van der Waals surface area contributed by atoms with Crippen LogP contribution in [-0.2, 0) is 9.47 Å². The predicted molar refractivity (Wildman–Crippen MR) is 84.3 cm³/mol. The van der Waals surface area contributed by atoms with Crippen LogP contribution in [0.4, 0.5) is 0 Å². The molecule has 1 aromatic rings. The zero-order valence-corrected chi connectivity index (χ0v) is 13.0. The summed E-state index contributed by atoms with van der Waals surface area (Å²) < 4.78 is 11.6. The summed E-state index contributed by atoms with van der Waals surface area (Å²) in [7, 11) is 0. The first kappa shape index (κ1) is 15.0. The van der Waals surface area contributed by atoms with E-state index in [2.05, 4.69) is 37.3 Å². The Morgan fingerprint density at radius 1 is 1.14 bits per heavy atom. The van der Waals surface area contributed by atoms with Crippen molar-refractivity contribution in [3.05, 3.63) is 35.9 Å². The van der Waals surface area contributed by atoms with Crippen LogP contribution in [-0.4, -0.2) is 31.5 Å². The van der Waals surface area contributed by atoms with Crippen LogP contribution in [0.5, 0.6) is 0 Å². The van der Waals surface area contributed by atoms with E-state index in [4.69, 9.17) is 15.2 Å². The van der Waals surface area contributed by atoms with Gasteiger partial charge in [0, 0.05) is 25.9 Å². The Balaban J connectivity index is 1.68. The van der Waals surface area contributed by atoms with E-state index in [1.165, 1.54) is 5.56 Å². The first-order valence-corrected chi connectivity index (χ1v) is 8.22. The topological polar surface area (TPSA) is 44.5 Å². The third kappa shape index (κ3) is 3.31. The molecule has 21 heavy (non-hydrogen) atoms. The van der Waals surface area contributed by atoms with Crippen molar-refractivity contribution in [2.45, 2.75) is 50.2 Å². The fourth-order valence-corrected chi connectivity index (χ4v) is 3.87. The van der Waals surface area contributed by atoms with Gasteiger partial charge < -0.3 is 15.2 Å². The van der Waals surface area contributed by atoms with E-state index in [-0.39, 0.29) is 11.6 Å². The maximum atomic E-state index is 6.63. The van der Waals surface area contributed by atoms with Crippen LogP contribution in [0.1, 0.15) is 44.1 Å². The summed E-state index contributed by atoms with van der Waals surface area (Å²) in [6.07, 6.45) is 4.22. The van der Waals surface area contributed by atoms with Crippen LogP contribution in [0, 0.1) is 5.92 Å². The maximum absolute atomic E-state index is 6.63. The molecule has 0 aliphatic carbocycles. The highest BCUT2D eigenvalue weighted by molar-refractivity contribution is 5.20. The molecule has 2 aliphatic rings. The van der Waals surface area contributed by atoms with Gasteiger partial charge in [-0.3, -0.25) is 0 Å². The highest BCUT2D eigenvalue weighted by atomic mass is 16.5. The summed E-state index contributed by atoms with van der Waals surface area (Å²) >= 11 is 0. The summed E-state index contributed by atoms with van der Waals surface area (Å²) in [5, 5.41) is 0. The molecule has 3 rings (SSSR count). The lowest BCUT2D eigenvalue weighted by molar-refractivity contribution is -0.149. The Morgan fingerprint density at radius 3 is 2.57 bits per heavy atom. The van der Waals surface area contributed by atoms with Crippen LogP contribution in [0.25, 0.3) is 0 Å². The number of nitrogens with two attached hydrogens (primary N) is 1. The van der Waals surface area contributed by atoms with E-state index in [1.54, 1.807) is 0 Å². The number of benzene rings is 1. The van der Waals surface area contributed by atoms with Crippen LogP contribution in [0.15, 0.2) is 30.3 Å². The molecule has 0 bridgehead atoms. The van der Waals surface area contributed by atoms with Gasteiger partial charge in [0.05, 0.1) is 5.60 Å². The minimum Gasteiger partial charge on any atom is -0.381 e. The molecular formula is C18H27NO2. The van der Waals surface area contributed by atoms with E-state index < -0.39 is 0 Å². The monoisotopic (exact) mass is 289 g/mol. The second-order valence-electron chi connectivity index (χ2n) is 6.67. The minimum atomic E-state index is 0.0369. The third-order valence-corrected chi connectivity index (χ3v) is 5.38. The second-order valence-corrected chi connectivity index (χ2v) is 6.67. The van der Waals surface area contributed by atoms with Crippen LogP contribution in [0.2, 0.25) is 0 Å². The number of rotatable bonds is 3. The van der Waals surface area contributed by atoms with Gasteiger partial charge in [-0.1, -0.05) is 37.3 Å². The highest BCUT2D eigenvalue weighted by Crippen LogP contribution is 2.40. The lowest BCUT2D eigenvalue weighted by Gasteiger charge is -2.45. The molecule has 2 heterocycles. The average Bonchev–Trinajstić information content (AvgIpc) is 2.55. The molecule has 116 valence electrons. The Morgan fingerprint density at radius 2 is 1.86 bits per heavy atom. The maximum Gasteiger partial charge on any atom is 0.0729 e. The Kier molecular flexibility index (Phi) is 4.63. The van der Waals surface area contributed by atoms with E-state index in [0.29, 0.717) is 11.8 Å². The second kappa shape index (κ2) is 6.47. The molecule has 1 aromatic carbocycles. The molecule has 0 aromatic heterocycles. The first-order chi connectivity index (χ1) is 10.2. The van der Waals surface area contributed by atoms with Gasteiger partial charge in [-0.2, -0.15) is 0 Å². The Bertz CT molecular complexity index is 436. The zero-order chi connectivity index (χ0) is 14.7. The third-order valence-electron chi connectivity index (χ3n) is 5.38. The molecule has 3 nitrogen and oxygen atoms in total. The van der Waals surface area contributed by atoms with Crippen molar-refractivity contribution in [2.75, 3.05) is 19.8 Å². The van der Waals surface area contributed by atoms with Crippen molar-refractivity contribution in [3.8, 4) is 0 Å². The molecule has 2 N–H and O–H groups in total. The zero-order valence-electron chi connectivity index (χ0n) is 13.0.